The van der Waals surface area contributed by atoms with Gasteiger partial charge in [-0.25, -0.2) is 0 Å². The quantitative estimate of drug-likeness (QED) is 0.489. The summed E-state index contributed by atoms with van der Waals surface area (Å²) in [6.07, 6.45) is 0. The standard InChI is InChI=1S/C23H22N2O2S/c1-16(18-8-4-3-5-9-18)24-23(26)21-14-22-20(11-12-28-22)25(21)15-17-7-6-10-19(13-17)27-2/h3-14,16H,15H2,1-2H3,(H,24,26)/t16-/m1/s1. The van der Waals surface area contributed by atoms with E-state index in [2.05, 4.69) is 27.4 Å². The fourth-order valence-corrected chi connectivity index (χ4v) is 4.21. The second-order valence-electron chi connectivity index (χ2n) is 6.74. The van der Waals surface area contributed by atoms with Gasteiger partial charge in [0, 0.05) is 6.54 Å². The highest BCUT2D eigenvalue weighted by molar-refractivity contribution is 7.17. The van der Waals surface area contributed by atoms with E-state index in [1.807, 2.05) is 61.5 Å². The zero-order valence-corrected chi connectivity index (χ0v) is 16.7. The van der Waals surface area contributed by atoms with Crippen LogP contribution in [0.2, 0.25) is 0 Å². The summed E-state index contributed by atoms with van der Waals surface area (Å²) in [5.41, 5.74) is 3.93. The molecule has 1 atom stereocenters. The molecule has 4 nitrogen and oxygen atoms in total. The van der Waals surface area contributed by atoms with E-state index in [1.165, 1.54) is 0 Å². The van der Waals surface area contributed by atoms with Crippen molar-refractivity contribution in [2.24, 2.45) is 0 Å². The summed E-state index contributed by atoms with van der Waals surface area (Å²) >= 11 is 1.65. The molecule has 0 aliphatic rings. The number of hydrogen-bond acceptors (Lipinski definition) is 3. The number of carbonyl (C=O) groups excluding carboxylic acids is 1. The molecule has 4 aromatic rings. The van der Waals surface area contributed by atoms with Gasteiger partial charge in [0.2, 0.25) is 0 Å². The smallest absolute Gasteiger partial charge is 0.268 e. The lowest BCUT2D eigenvalue weighted by Crippen LogP contribution is -2.28. The van der Waals surface area contributed by atoms with E-state index < -0.39 is 0 Å². The molecule has 4 rings (SSSR count). The minimum Gasteiger partial charge on any atom is -0.497 e. The van der Waals surface area contributed by atoms with Crippen molar-refractivity contribution < 1.29 is 9.53 Å². The van der Waals surface area contributed by atoms with E-state index >= 15 is 0 Å². The highest BCUT2D eigenvalue weighted by Gasteiger charge is 2.19. The van der Waals surface area contributed by atoms with Crippen LogP contribution < -0.4 is 10.1 Å². The molecule has 2 aromatic carbocycles. The first-order chi connectivity index (χ1) is 13.7. The SMILES string of the molecule is COc1cccc(Cn2c(C(=O)N[C@H](C)c3ccccc3)cc3sccc32)c1. The molecule has 1 N–H and O–H groups in total. The number of ether oxygens (including phenoxy) is 1. The molecule has 2 heterocycles. The summed E-state index contributed by atoms with van der Waals surface area (Å²) in [7, 11) is 1.66. The van der Waals surface area contributed by atoms with Gasteiger partial charge in [0.15, 0.2) is 0 Å². The van der Waals surface area contributed by atoms with Crippen molar-refractivity contribution in [1.29, 1.82) is 0 Å². The summed E-state index contributed by atoms with van der Waals surface area (Å²) in [4.78, 5) is 13.1. The topological polar surface area (TPSA) is 43.3 Å². The maximum absolute atomic E-state index is 13.1. The van der Waals surface area contributed by atoms with E-state index in [0.29, 0.717) is 12.2 Å². The highest BCUT2D eigenvalue weighted by Crippen LogP contribution is 2.27. The maximum Gasteiger partial charge on any atom is 0.268 e. The average molecular weight is 391 g/mol. The molecule has 0 bridgehead atoms. The number of rotatable bonds is 6. The largest absolute Gasteiger partial charge is 0.497 e. The van der Waals surface area contributed by atoms with Crippen molar-refractivity contribution >= 4 is 27.5 Å². The molecule has 0 saturated carbocycles. The van der Waals surface area contributed by atoms with Gasteiger partial charge >= 0.3 is 0 Å². The number of nitrogens with zero attached hydrogens (tertiary/aromatic N) is 1. The van der Waals surface area contributed by atoms with Crippen molar-refractivity contribution in [3.8, 4) is 5.75 Å². The van der Waals surface area contributed by atoms with Gasteiger partial charge in [-0.2, -0.15) is 0 Å². The van der Waals surface area contributed by atoms with Gasteiger partial charge in [0.1, 0.15) is 11.4 Å². The van der Waals surface area contributed by atoms with Gasteiger partial charge in [0.05, 0.1) is 23.4 Å². The van der Waals surface area contributed by atoms with E-state index in [-0.39, 0.29) is 11.9 Å². The van der Waals surface area contributed by atoms with Crippen LogP contribution in [0.4, 0.5) is 0 Å². The van der Waals surface area contributed by atoms with E-state index in [9.17, 15) is 4.79 Å². The first kappa shape index (κ1) is 18.3. The third kappa shape index (κ3) is 3.66. The van der Waals surface area contributed by atoms with Crippen LogP contribution in [0.15, 0.2) is 72.1 Å². The summed E-state index contributed by atoms with van der Waals surface area (Å²) in [5.74, 6) is 0.748. The van der Waals surface area contributed by atoms with Crippen LogP contribution in [0, 0.1) is 0 Å². The summed E-state index contributed by atoms with van der Waals surface area (Å²) in [6, 6.07) is 21.9. The Hall–Kier alpha value is -3.05. The number of amides is 1. The second kappa shape index (κ2) is 7.90. The van der Waals surface area contributed by atoms with Crippen molar-refractivity contribution in [3.05, 3.63) is 88.9 Å². The molecule has 2 aromatic heterocycles. The number of fused-ring (bicyclic) bond motifs is 1. The highest BCUT2D eigenvalue weighted by atomic mass is 32.1. The second-order valence-corrected chi connectivity index (χ2v) is 7.69. The van der Waals surface area contributed by atoms with E-state index in [4.69, 9.17) is 4.74 Å². The lowest BCUT2D eigenvalue weighted by molar-refractivity contribution is 0.0931. The van der Waals surface area contributed by atoms with E-state index in [1.54, 1.807) is 18.4 Å². The molecule has 0 radical (unpaired) electrons. The Morgan fingerprint density at radius 3 is 2.71 bits per heavy atom. The molecule has 0 saturated heterocycles. The molecule has 5 heteroatoms. The van der Waals surface area contributed by atoms with Crippen LogP contribution >= 0.6 is 11.3 Å². The molecule has 1 amide bonds. The van der Waals surface area contributed by atoms with Gasteiger partial charge in [-0.1, -0.05) is 42.5 Å². The zero-order valence-electron chi connectivity index (χ0n) is 15.9. The Bertz CT molecular complexity index is 1100. The number of thiophene rings is 1. The predicted molar refractivity (Wildman–Crippen MR) is 114 cm³/mol. The molecule has 0 fully saturated rings. The van der Waals surface area contributed by atoms with Crippen LogP contribution in [0.3, 0.4) is 0 Å². The third-order valence-electron chi connectivity index (χ3n) is 4.88. The van der Waals surface area contributed by atoms with Gasteiger partial charge in [0.25, 0.3) is 5.91 Å². The van der Waals surface area contributed by atoms with Crippen LogP contribution in [0.25, 0.3) is 10.2 Å². The zero-order chi connectivity index (χ0) is 19.5. The monoisotopic (exact) mass is 390 g/mol. The molecule has 0 aliphatic carbocycles. The van der Waals surface area contributed by atoms with Crippen molar-refractivity contribution in [2.45, 2.75) is 19.5 Å². The maximum atomic E-state index is 13.1. The Labute approximate surface area is 168 Å². The minimum atomic E-state index is -0.0670. The molecule has 142 valence electrons. The first-order valence-electron chi connectivity index (χ1n) is 9.21. The Balaban J connectivity index is 1.64. The lowest BCUT2D eigenvalue weighted by atomic mass is 10.1. The number of carbonyl (C=O) groups is 1. The number of nitrogens with one attached hydrogen (secondary N) is 1. The predicted octanol–water partition coefficient (Wildman–Crippen LogP) is 5.25. The van der Waals surface area contributed by atoms with Crippen LogP contribution in [0.5, 0.6) is 5.75 Å². The van der Waals surface area contributed by atoms with Gasteiger partial charge in [-0.3, -0.25) is 4.79 Å². The third-order valence-corrected chi connectivity index (χ3v) is 5.73. The minimum absolute atomic E-state index is 0.0631. The Morgan fingerprint density at radius 2 is 1.93 bits per heavy atom. The van der Waals surface area contributed by atoms with Crippen molar-refractivity contribution in [3.63, 3.8) is 0 Å². The molecular weight excluding hydrogens is 368 g/mol. The summed E-state index contributed by atoms with van der Waals surface area (Å²) < 4.78 is 8.53. The molecule has 0 spiro atoms. The number of methoxy groups -OCH3 is 1. The van der Waals surface area contributed by atoms with Crippen molar-refractivity contribution in [2.75, 3.05) is 7.11 Å². The summed E-state index contributed by atoms with van der Waals surface area (Å²) in [5, 5.41) is 5.19. The normalized spacial score (nSPS) is 12.1. The Morgan fingerprint density at radius 1 is 1.11 bits per heavy atom. The van der Waals surface area contributed by atoms with Crippen LogP contribution in [-0.2, 0) is 6.54 Å². The molecular formula is C23H22N2O2S. The van der Waals surface area contributed by atoms with Crippen LogP contribution in [-0.4, -0.2) is 17.6 Å². The summed E-state index contributed by atoms with van der Waals surface area (Å²) in [6.45, 7) is 2.62. The van der Waals surface area contributed by atoms with E-state index in [0.717, 1.165) is 27.1 Å². The number of benzene rings is 2. The first-order valence-corrected chi connectivity index (χ1v) is 10.1. The van der Waals surface area contributed by atoms with Gasteiger partial charge < -0.3 is 14.6 Å². The number of aromatic nitrogens is 1. The molecule has 0 unspecified atom stereocenters. The van der Waals surface area contributed by atoms with Crippen LogP contribution in [0.1, 0.15) is 34.6 Å². The molecule has 28 heavy (non-hydrogen) atoms. The number of hydrogen-bond donors (Lipinski definition) is 1. The van der Waals surface area contributed by atoms with Gasteiger partial charge in [-0.15, -0.1) is 11.3 Å². The lowest BCUT2D eigenvalue weighted by Gasteiger charge is -2.16. The van der Waals surface area contributed by atoms with Gasteiger partial charge in [-0.05, 0) is 47.7 Å². The van der Waals surface area contributed by atoms with Crippen molar-refractivity contribution in [1.82, 2.24) is 9.88 Å². The fraction of sp³-hybridized carbons (Fsp3) is 0.174. The molecule has 0 aliphatic heterocycles. The Kier molecular flexibility index (Phi) is 5.17. The fourth-order valence-electron chi connectivity index (χ4n) is 3.38. The average Bonchev–Trinajstić information content (AvgIpc) is 3.31.